The maximum Gasteiger partial charge on any atom is 0.255 e. The van der Waals surface area contributed by atoms with Gasteiger partial charge in [-0.1, -0.05) is 15.9 Å². The summed E-state index contributed by atoms with van der Waals surface area (Å²) in [5, 5.41) is 9.25. The summed E-state index contributed by atoms with van der Waals surface area (Å²) in [6.07, 6.45) is 0. The van der Waals surface area contributed by atoms with Gasteiger partial charge in [-0.2, -0.15) is 10.2 Å². The van der Waals surface area contributed by atoms with Gasteiger partial charge in [0.25, 0.3) is 5.91 Å². The Morgan fingerprint density at radius 3 is 2.73 bits per heavy atom. The first-order valence-electron chi connectivity index (χ1n) is 5.96. The molecule has 0 unspecified atom stereocenters. The highest BCUT2D eigenvalue weighted by Gasteiger charge is 2.18. The van der Waals surface area contributed by atoms with E-state index >= 15 is 0 Å². The van der Waals surface area contributed by atoms with E-state index in [2.05, 4.69) is 25.9 Å². The Morgan fingerprint density at radius 1 is 1.36 bits per heavy atom. The smallest absolute Gasteiger partial charge is 0.255 e. The summed E-state index contributed by atoms with van der Waals surface area (Å²) < 4.78 is 6.06. The van der Waals surface area contributed by atoms with Crippen molar-refractivity contribution in [1.82, 2.24) is 9.97 Å². The number of anilines is 2. The van der Waals surface area contributed by atoms with Gasteiger partial charge >= 0.3 is 0 Å². The molecule has 0 atom stereocenters. The molecule has 0 radical (unpaired) electrons. The van der Waals surface area contributed by atoms with Gasteiger partial charge < -0.3 is 21.9 Å². The number of benzene rings is 1. The highest BCUT2D eigenvalue weighted by Crippen LogP contribution is 2.35. The van der Waals surface area contributed by atoms with E-state index in [1.165, 1.54) is 0 Å². The Kier molecular flexibility index (Phi) is 4.43. The number of ether oxygens (including phenoxy) is 1. The molecule has 6 N–H and O–H groups in total. The van der Waals surface area contributed by atoms with Crippen LogP contribution in [0.4, 0.5) is 11.8 Å². The zero-order valence-electron chi connectivity index (χ0n) is 11.2. The first-order chi connectivity index (χ1) is 10.4. The molecule has 0 aliphatic carbocycles. The Morgan fingerprint density at radius 2 is 2.09 bits per heavy atom. The molecule has 9 heteroatoms. The van der Waals surface area contributed by atoms with Crippen molar-refractivity contribution in [2.75, 3.05) is 18.1 Å². The van der Waals surface area contributed by atoms with Crippen molar-refractivity contribution in [3.63, 3.8) is 0 Å². The fourth-order valence-corrected chi connectivity index (χ4v) is 2.12. The summed E-state index contributed by atoms with van der Waals surface area (Å²) in [6.45, 7) is -0.313. The number of nitrogens with two attached hydrogens (primary N) is 3. The molecule has 0 spiro atoms. The molecule has 2 rings (SSSR count). The van der Waals surface area contributed by atoms with Gasteiger partial charge in [-0.05, 0) is 18.2 Å². The quantitative estimate of drug-likeness (QED) is 0.726. The van der Waals surface area contributed by atoms with Crippen LogP contribution in [0.15, 0.2) is 22.7 Å². The third-order valence-corrected chi connectivity index (χ3v) is 3.13. The number of hydrogen-bond donors (Lipinski definition) is 3. The zero-order chi connectivity index (χ0) is 16.3. The van der Waals surface area contributed by atoms with Gasteiger partial charge in [-0.3, -0.25) is 4.79 Å². The highest BCUT2D eigenvalue weighted by molar-refractivity contribution is 9.10. The van der Waals surface area contributed by atoms with Crippen molar-refractivity contribution in [2.45, 2.75) is 0 Å². The summed E-state index contributed by atoms with van der Waals surface area (Å²) in [4.78, 5) is 18.7. The highest BCUT2D eigenvalue weighted by atomic mass is 79.9. The second-order valence-electron chi connectivity index (χ2n) is 4.20. The molecular weight excluding hydrogens is 352 g/mol. The van der Waals surface area contributed by atoms with Crippen molar-refractivity contribution in [2.24, 2.45) is 5.73 Å². The number of nitrogens with zero attached hydrogens (tertiary/aromatic N) is 3. The average molecular weight is 363 g/mol. The van der Waals surface area contributed by atoms with Crippen LogP contribution in [0.25, 0.3) is 11.3 Å². The van der Waals surface area contributed by atoms with Crippen molar-refractivity contribution in [1.29, 1.82) is 5.26 Å². The molecular formula is C13H11BrN6O2. The standard InChI is InChI=1S/C13H11BrN6O2/c14-6-1-2-9(22-5-10(16)21)7(3-6)11-8(4-15)12(17)20-13(18)19-11/h1-3H,5H2,(H2,16,21)(H4,17,18,19,20). The van der Waals surface area contributed by atoms with Crippen LogP contribution in [0.5, 0.6) is 5.75 Å². The largest absolute Gasteiger partial charge is 0.483 e. The third kappa shape index (κ3) is 3.24. The third-order valence-electron chi connectivity index (χ3n) is 2.63. The van der Waals surface area contributed by atoms with E-state index in [4.69, 9.17) is 21.9 Å². The van der Waals surface area contributed by atoms with E-state index in [9.17, 15) is 10.1 Å². The van der Waals surface area contributed by atoms with Crippen LogP contribution in [-0.2, 0) is 4.79 Å². The molecule has 22 heavy (non-hydrogen) atoms. The maximum absolute atomic E-state index is 10.9. The zero-order valence-corrected chi connectivity index (χ0v) is 12.8. The molecule has 0 aliphatic heterocycles. The molecule has 2 aromatic rings. The number of hydrogen-bond acceptors (Lipinski definition) is 7. The Balaban J connectivity index is 2.64. The van der Waals surface area contributed by atoms with E-state index < -0.39 is 5.91 Å². The lowest BCUT2D eigenvalue weighted by Crippen LogP contribution is -2.20. The number of halogens is 1. The van der Waals surface area contributed by atoms with E-state index in [1.54, 1.807) is 18.2 Å². The normalized spacial score (nSPS) is 10.0. The molecule has 1 aromatic carbocycles. The SMILES string of the molecule is N#Cc1c(N)nc(N)nc1-c1cc(Br)ccc1OCC(N)=O. The molecule has 0 fully saturated rings. The number of carbonyl (C=O) groups is 1. The van der Waals surface area contributed by atoms with Gasteiger partial charge in [0.05, 0.1) is 5.69 Å². The van der Waals surface area contributed by atoms with E-state index in [-0.39, 0.29) is 29.6 Å². The lowest BCUT2D eigenvalue weighted by atomic mass is 10.1. The van der Waals surface area contributed by atoms with Gasteiger partial charge in [-0.15, -0.1) is 0 Å². The van der Waals surface area contributed by atoms with Crippen molar-refractivity contribution in [3.05, 3.63) is 28.2 Å². The van der Waals surface area contributed by atoms with E-state index in [1.807, 2.05) is 6.07 Å². The van der Waals surface area contributed by atoms with Crippen LogP contribution in [0.3, 0.4) is 0 Å². The van der Waals surface area contributed by atoms with Gasteiger partial charge in [0.15, 0.2) is 6.61 Å². The second kappa shape index (κ2) is 6.28. The summed E-state index contributed by atoms with van der Waals surface area (Å²) in [7, 11) is 0. The molecule has 0 bridgehead atoms. The van der Waals surface area contributed by atoms with Crippen molar-refractivity contribution < 1.29 is 9.53 Å². The topological polar surface area (TPSA) is 154 Å². The number of nitriles is 1. The van der Waals surface area contributed by atoms with Crippen LogP contribution in [-0.4, -0.2) is 22.5 Å². The van der Waals surface area contributed by atoms with Crippen LogP contribution in [0, 0.1) is 11.3 Å². The van der Waals surface area contributed by atoms with Crippen molar-refractivity contribution in [3.8, 4) is 23.1 Å². The summed E-state index contributed by atoms with van der Waals surface area (Å²) in [5.41, 5.74) is 17.1. The van der Waals surface area contributed by atoms with Crippen LogP contribution >= 0.6 is 15.9 Å². The first kappa shape index (κ1) is 15.5. The summed E-state index contributed by atoms with van der Waals surface area (Å²) in [5.74, 6) is -0.426. The molecule has 1 heterocycles. The molecule has 0 saturated carbocycles. The number of amides is 1. The van der Waals surface area contributed by atoms with Crippen molar-refractivity contribution >= 4 is 33.6 Å². The molecule has 0 saturated heterocycles. The molecule has 112 valence electrons. The number of nitrogen functional groups attached to an aromatic ring is 2. The van der Waals surface area contributed by atoms with Gasteiger partial charge in [0.1, 0.15) is 23.2 Å². The van der Waals surface area contributed by atoms with Gasteiger partial charge in [0.2, 0.25) is 5.95 Å². The molecule has 1 amide bonds. The minimum atomic E-state index is -0.629. The van der Waals surface area contributed by atoms with Crippen LogP contribution in [0.2, 0.25) is 0 Å². The number of aromatic nitrogens is 2. The lowest BCUT2D eigenvalue weighted by Gasteiger charge is -2.12. The fourth-order valence-electron chi connectivity index (χ4n) is 1.76. The van der Waals surface area contributed by atoms with E-state index in [0.29, 0.717) is 15.8 Å². The first-order valence-corrected chi connectivity index (χ1v) is 6.75. The summed E-state index contributed by atoms with van der Waals surface area (Å²) in [6, 6.07) is 6.92. The van der Waals surface area contributed by atoms with Gasteiger partial charge in [-0.25, -0.2) is 4.98 Å². The Labute approximate surface area is 134 Å². The van der Waals surface area contributed by atoms with Crippen LogP contribution < -0.4 is 21.9 Å². The van der Waals surface area contributed by atoms with E-state index in [0.717, 1.165) is 0 Å². The Bertz CT molecular complexity index is 787. The predicted octanol–water partition coefficient (Wildman–Crippen LogP) is 0.806. The van der Waals surface area contributed by atoms with Gasteiger partial charge in [0, 0.05) is 10.0 Å². The molecule has 0 aliphatic rings. The Hall–Kier alpha value is -2.86. The second-order valence-corrected chi connectivity index (χ2v) is 5.11. The summed E-state index contributed by atoms with van der Waals surface area (Å²) >= 11 is 3.32. The minimum absolute atomic E-state index is 0.0363. The minimum Gasteiger partial charge on any atom is -0.483 e. The predicted molar refractivity (Wildman–Crippen MR) is 83.4 cm³/mol. The lowest BCUT2D eigenvalue weighted by molar-refractivity contribution is -0.119. The number of rotatable bonds is 4. The number of carbonyl (C=O) groups excluding carboxylic acids is 1. The molecule has 1 aromatic heterocycles. The number of primary amides is 1. The maximum atomic E-state index is 10.9. The van der Waals surface area contributed by atoms with Crippen LogP contribution in [0.1, 0.15) is 5.56 Å². The average Bonchev–Trinajstić information content (AvgIpc) is 2.45. The monoisotopic (exact) mass is 362 g/mol. The fraction of sp³-hybridized carbons (Fsp3) is 0.0769. The molecule has 8 nitrogen and oxygen atoms in total.